The van der Waals surface area contributed by atoms with Crippen molar-refractivity contribution in [3.8, 4) is 0 Å². The molecule has 0 aliphatic heterocycles. The van der Waals surface area contributed by atoms with Gasteiger partial charge in [0.05, 0.1) is 105 Å². The van der Waals surface area contributed by atoms with Crippen molar-refractivity contribution < 1.29 is 43.4 Å². The topological polar surface area (TPSA) is 105 Å². The molecule has 1 unspecified atom stereocenters. The molecule has 192 valence electrons. The molecule has 1 fully saturated rings. The Labute approximate surface area is 193 Å². The Bertz CT molecular complexity index is 390. The fraction of sp³-hybridized carbons (Fsp3) is 1.00. The van der Waals surface area contributed by atoms with Gasteiger partial charge in [0.2, 0.25) is 0 Å². The zero-order valence-electron chi connectivity index (χ0n) is 20.0. The van der Waals surface area contributed by atoms with Crippen LogP contribution in [0.4, 0.5) is 0 Å². The molecular weight excluding hydrogens is 420 g/mol. The summed E-state index contributed by atoms with van der Waals surface area (Å²) in [5.74, 6) is 0.349. The number of aliphatic hydroxyl groups is 2. The van der Waals surface area contributed by atoms with Crippen molar-refractivity contribution in [1.82, 2.24) is 0 Å². The first-order chi connectivity index (χ1) is 15.7. The Morgan fingerprint density at radius 3 is 1.28 bits per heavy atom. The molecule has 2 N–H and O–H groups in total. The summed E-state index contributed by atoms with van der Waals surface area (Å²) in [6.45, 7) is 8.69. The predicted molar refractivity (Wildman–Crippen MR) is 120 cm³/mol. The third-order valence-electron chi connectivity index (χ3n) is 5.35. The summed E-state index contributed by atoms with van der Waals surface area (Å²) >= 11 is 0. The van der Waals surface area contributed by atoms with Gasteiger partial charge in [-0.2, -0.15) is 0 Å². The van der Waals surface area contributed by atoms with Crippen LogP contribution >= 0.6 is 0 Å². The number of aliphatic hydroxyl groups excluding tert-OH is 1. The molecule has 0 aromatic rings. The molecule has 0 heterocycles. The molecule has 0 spiro atoms. The van der Waals surface area contributed by atoms with E-state index in [1.54, 1.807) is 0 Å². The van der Waals surface area contributed by atoms with Crippen LogP contribution in [0.1, 0.15) is 39.0 Å². The average molecular weight is 467 g/mol. The molecule has 1 saturated carbocycles. The van der Waals surface area contributed by atoms with Gasteiger partial charge in [0.15, 0.2) is 0 Å². The number of ether oxygens (including phenoxy) is 7. The van der Waals surface area contributed by atoms with Crippen LogP contribution in [0, 0.1) is 5.92 Å². The van der Waals surface area contributed by atoms with Crippen molar-refractivity contribution in [2.24, 2.45) is 5.92 Å². The van der Waals surface area contributed by atoms with Crippen molar-refractivity contribution in [3.63, 3.8) is 0 Å². The second kappa shape index (κ2) is 21.2. The molecular formula is C23H46O9. The highest BCUT2D eigenvalue weighted by Crippen LogP contribution is 2.32. The third-order valence-corrected chi connectivity index (χ3v) is 5.35. The van der Waals surface area contributed by atoms with Crippen molar-refractivity contribution in [2.45, 2.75) is 44.6 Å². The van der Waals surface area contributed by atoms with Gasteiger partial charge in [-0.1, -0.05) is 19.3 Å². The molecule has 1 aliphatic rings. The van der Waals surface area contributed by atoms with Crippen molar-refractivity contribution in [3.05, 3.63) is 0 Å². The largest absolute Gasteiger partial charge is 0.394 e. The molecule has 0 amide bonds. The first kappa shape index (κ1) is 29.7. The van der Waals surface area contributed by atoms with Gasteiger partial charge in [-0.15, -0.1) is 0 Å². The minimum absolute atomic E-state index is 0.0311. The maximum Gasteiger partial charge on any atom is 0.0880 e. The van der Waals surface area contributed by atoms with Crippen molar-refractivity contribution >= 4 is 0 Å². The SMILES string of the molecule is CC(O)(COCCOCCOCCOCCOCCOCCOCCO)C1CCCCC1. The quantitative estimate of drug-likeness (QED) is 0.216. The standard InChI is InChI=1S/C23H46O9/c1-23(25,22-5-3-2-4-6-22)21-32-20-19-31-18-17-30-16-15-29-14-13-28-12-11-27-10-9-26-8-7-24/h22,24-25H,2-21H2,1H3. The Hall–Kier alpha value is -0.360. The lowest BCUT2D eigenvalue weighted by Gasteiger charge is -2.35. The summed E-state index contributed by atoms with van der Waals surface area (Å²) in [6, 6.07) is 0. The van der Waals surface area contributed by atoms with Gasteiger partial charge >= 0.3 is 0 Å². The summed E-state index contributed by atoms with van der Waals surface area (Å²) in [4.78, 5) is 0. The maximum absolute atomic E-state index is 10.6. The van der Waals surface area contributed by atoms with E-state index in [1.807, 2.05) is 6.92 Å². The maximum atomic E-state index is 10.6. The van der Waals surface area contributed by atoms with Gasteiger partial charge in [0.1, 0.15) is 0 Å². The Balaban J connectivity index is 1.72. The van der Waals surface area contributed by atoms with Crippen LogP contribution in [-0.4, -0.2) is 115 Å². The Morgan fingerprint density at radius 2 is 0.906 bits per heavy atom. The lowest BCUT2D eigenvalue weighted by molar-refractivity contribution is -0.0898. The molecule has 0 bridgehead atoms. The van der Waals surface area contributed by atoms with Gasteiger partial charge in [-0.3, -0.25) is 0 Å². The van der Waals surface area contributed by atoms with E-state index >= 15 is 0 Å². The van der Waals surface area contributed by atoms with E-state index in [1.165, 1.54) is 19.3 Å². The van der Waals surface area contributed by atoms with Crippen LogP contribution < -0.4 is 0 Å². The molecule has 0 saturated heterocycles. The smallest absolute Gasteiger partial charge is 0.0880 e. The first-order valence-corrected chi connectivity index (χ1v) is 12.0. The predicted octanol–water partition coefficient (Wildman–Crippen LogP) is 1.43. The van der Waals surface area contributed by atoms with Crippen LogP contribution in [0.3, 0.4) is 0 Å². The van der Waals surface area contributed by atoms with E-state index in [-0.39, 0.29) is 6.61 Å². The van der Waals surface area contributed by atoms with Gasteiger partial charge < -0.3 is 43.4 Å². The Morgan fingerprint density at radius 1 is 0.562 bits per heavy atom. The first-order valence-electron chi connectivity index (χ1n) is 12.0. The van der Waals surface area contributed by atoms with E-state index in [0.29, 0.717) is 98.4 Å². The van der Waals surface area contributed by atoms with Gasteiger partial charge in [0, 0.05) is 0 Å². The van der Waals surface area contributed by atoms with Gasteiger partial charge in [-0.05, 0) is 25.7 Å². The molecule has 1 rings (SSSR count). The zero-order chi connectivity index (χ0) is 23.2. The van der Waals surface area contributed by atoms with Crippen molar-refractivity contribution in [2.75, 3.05) is 99.1 Å². The van der Waals surface area contributed by atoms with Crippen LogP contribution in [0.2, 0.25) is 0 Å². The van der Waals surface area contributed by atoms with E-state index in [0.717, 1.165) is 12.8 Å². The van der Waals surface area contributed by atoms with Gasteiger partial charge in [-0.25, -0.2) is 0 Å². The number of hydrogen-bond donors (Lipinski definition) is 2. The van der Waals surface area contributed by atoms with E-state index < -0.39 is 5.60 Å². The van der Waals surface area contributed by atoms with E-state index in [9.17, 15) is 5.11 Å². The molecule has 9 heteroatoms. The molecule has 0 aromatic heterocycles. The molecule has 1 aliphatic carbocycles. The fourth-order valence-corrected chi connectivity index (χ4v) is 3.51. The van der Waals surface area contributed by atoms with Crippen molar-refractivity contribution in [1.29, 1.82) is 0 Å². The lowest BCUT2D eigenvalue weighted by Crippen LogP contribution is -2.40. The zero-order valence-corrected chi connectivity index (χ0v) is 20.0. The second-order valence-corrected chi connectivity index (χ2v) is 8.14. The Kier molecular flexibility index (Phi) is 19.6. The molecule has 0 aromatic carbocycles. The van der Waals surface area contributed by atoms with Crippen LogP contribution in [0.25, 0.3) is 0 Å². The third kappa shape index (κ3) is 17.2. The summed E-state index contributed by atoms with van der Waals surface area (Å²) in [6.07, 6.45) is 5.90. The summed E-state index contributed by atoms with van der Waals surface area (Å²) in [7, 11) is 0. The average Bonchev–Trinajstić information content (AvgIpc) is 2.80. The summed E-state index contributed by atoms with van der Waals surface area (Å²) < 4.78 is 37.8. The number of rotatable bonds is 23. The highest BCUT2D eigenvalue weighted by molar-refractivity contribution is 4.84. The number of hydrogen-bond acceptors (Lipinski definition) is 9. The second-order valence-electron chi connectivity index (χ2n) is 8.14. The van der Waals surface area contributed by atoms with Crippen LogP contribution in [0.15, 0.2) is 0 Å². The van der Waals surface area contributed by atoms with E-state index in [4.69, 9.17) is 38.3 Å². The highest BCUT2D eigenvalue weighted by Gasteiger charge is 2.32. The minimum Gasteiger partial charge on any atom is -0.394 e. The molecule has 0 radical (unpaired) electrons. The van der Waals surface area contributed by atoms with Crippen LogP contribution in [-0.2, 0) is 33.2 Å². The summed E-state index contributed by atoms with van der Waals surface area (Å²) in [5.41, 5.74) is -0.737. The van der Waals surface area contributed by atoms with Crippen LogP contribution in [0.5, 0.6) is 0 Å². The highest BCUT2D eigenvalue weighted by atomic mass is 16.6. The monoisotopic (exact) mass is 466 g/mol. The molecule has 1 atom stereocenters. The molecule has 32 heavy (non-hydrogen) atoms. The summed E-state index contributed by atoms with van der Waals surface area (Å²) in [5, 5.41) is 19.1. The minimum atomic E-state index is -0.737. The van der Waals surface area contributed by atoms with E-state index in [2.05, 4.69) is 0 Å². The normalized spacial score (nSPS) is 17.0. The lowest BCUT2D eigenvalue weighted by atomic mass is 9.78. The van der Waals surface area contributed by atoms with Gasteiger partial charge in [0.25, 0.3) is 0 Å². The fourth-order valence-electron chi connectivity index (χ4n) is 3.51. The molecule has 9 nitrogen and oxygen atoms in total.